The maximum Gasteiger partial charge on any atom is 0.231 e. The van der Waals surface area contributed by atoms with E-state index in [1.165, 1.54) is 0 Å². The molecule has 3 aromatic rings. The molecule has 20 heavy (non-hydrogen) atoms. The van der Waals surface area contributed by atoms with E-state index in [1.807, 2.05) is 24.3 Å². The van der Waals surface area contributed by atoms with Crippen LogP contribution in [0.4, 0.5) is 0 Å². The molecule has 0 aliphatic carbocycles. The molecule has 0 bridgehead atoms. The van der Waals surface area contributed by atoms with E-state index >= 15 is 0 Å². The summed E-state index contributed by atoms with van der Waals surface area (Å²) in [5.41, 5.74) is 1.63. The van der Waals surface area contributed by atoms with E-state index in [4.69, 9.17) is 4.52 Å². The quantitative estimate of drug-likeness (QED) is 0.797. The van der Waals surface area contributed by atoms with Gasteiger partial charge in [0.2, 0.25) is 11.7 Å². The molecule has 0 unspecified atom stereocenters. The fourth-order valence-electron chi connectivity index (χ4n) is 1.76. The number of hydrogen-bond acceptors (Lipinski definition) is 5. The molecule has 3 rings (SSSR count). The van der Waals surface area contributed by atoms with Gasteiger partial charge in [0.25, 0.3) is 0 Å². The van der Waals surface area contributed by atoms with Crippen molar-refractivity contribution in [1.29, 1.82) is 0 Å². The molecule has 0 radical (unpaired) electrons. The first-order valence-corrected chi connectivity index (χ1v) is 6.73. The monoisotopic (exact) mass is 331 g/mol. The van der Waals surface area contributed by atoms with Crippen LogP contribution < -0.4 is 0 Å². The van der Waals surface area contributed by atoms with Gasteiger partial charge < -0.3 is 9.63 Å². The Kier molecular flexibility index (Phi) is 3.47. The lowest BCUT2D eigenvalue weighted by molar-refractivity contribution is 0.385. The molecule has 1 N–H and O–H groups in total. The summed E-state index contributed by atoms with van der Waals surface area (Å²) in [6.07, 6.45) is 2.19. The van der Waals surface area contributed by atoms with Crippen LogP contribution in [0.2, 0.25) is 0 Å². The Morgan fingerprint density at radius 1 is 1.15 bits per heavy atom. The van der Waals surface area contributed by atoms with Gasteiger partial charge in [0.15, 0.2) is 0 Å². The molecule has 0 aliphatic rings. The third-order valence-electron chi connectivity index (χ3n) is 2.73. The van der Waals surface area contributed by atoms with E-state index in [1.54, 1.807) is 18.3 Å². The lowest BCUT2D eigenvalue weighted by atomic mass is 10.1. The van der Waals surface area contributed by atoms with Crippen molar-refractivity contribution in [1.82, 2.24) is 15.1 Å². The van der Waals surface area contributed by atoms with Crippen molar-refractivity contribution in [3.8, 4) is 17.3 Å². The molecule has 0 saturated heterocycles. The van der Waals surface area contributed by atoms with E-state index in [-0.39, 0.29) is 5.75 Å². The van der Waals surface area contributed by atoms with Gasteiger partial charge in [-0.2, -0.15) is 4.98 Å². The van der Waals surface area contributed by atoms with Crippen molar-refractivity contribution in [3.05, 3.63) is 58.5 Å². The van der Waals surface area contributed by atoms with Crippen LogP contribution in [0, 0.1) is 0 Å². The minimum atomic E-state index is 0.234. The molecule has 0 spiro atoms. The van der Waals surface area contributed by atoms with E-state index in [9.17, 15) is 5.11 Å². The van der Waals surface area contributed by atoms with Crippen LogP contribution in [0.25, 0.3) is 11.5 Å². The van der Waals surface area contributed by atoms with Crippen LogP contribution in [0.3, 0.4) is 0 Å². The summed E-state index contributed by atoms with van der Waals surface area (Å²) < 4.78 is 6.04. The number of benzene rings is 1. The Labute approximate surface area is 123 Å². The second-order valence-electron chi connectivity index (χ2n) is 4.19. The average Bonchev–Trinajstić information content (AvgIpc) is 2.90. The first-order chi connectivity index (χ1) is 9.72. The number of phenols is 1. The maximum absolute atomic E-state index is 9.24. The van der Waals surface area contributed by atoms with Crippen LogP contribution >= 0.6 is 15.9 Å². The number of hydrogen-bond donors (Lipinski definition) is 1. The number of aromatic nitrogens is 3. The van der Waals surface area contributed by atoms with E-state index in [2.05, 4.69) is 31.1 Å². The molecular weight excluding hydrogens is 322 g/mol. The van der Waals surface area contributed by atoms with Crippen molar-refractivity contribution in [2.75, 3.05) is 0 Å². The molecule has 6 heteroatoms. The Bertz CT molecular complexity index is 725. The second kappa shape index (κ2) is 5.42. The predicted molar refractivity (Wildman–Crippen MR) is 76.1 cm³/mol. The van der Waals surface area contributed by atoms with Crippen molar-refractivity contribution in [2.24, 2.45) is 0 Å². The third kappa shape index (κ3) is 2.70. The Balaban J connectivity index is 1.84. The second-order valence-corrected chi connectivity index (χ2v) is 5.04. The highest BCUT2D eigenvalue weighted by Gasteiger charge is 2.12. The molecule has 0 saturated carbocycles. The van der Waals surface area contributed by atoms with Crippen molar-refractivity contribution in [3.63, 3.8) is 0 Å². The molecule has 100 valence electrons. The van der Waals surface area contributed by atoms with Gasteiger partial charge in [-0.15, -0.1) is 0 Å². The van der Waals surface area contributed by atoms with Gasteiger partial charge in [-0.1, -0.05) is 17.3 Å². The first-order valence-electron chi connectivity index (χ1n) is 5.94. The summed E-state index contributed by atoms with van der Waals surface area (Å²) in [4.78, 5) is 8.54. The molecule has 1 aromatic carbocycles. The molecule has 2 heterocycles. The largest absolute Gasteiger partial charge is 0.508 e. The van der Waals surface area contributed by atoms with Gasteiger partial charge in [0.05, 0.1) is 6.42 Å². The van der Waals surface area contributed by atoms with Crippen LogP contribution in [0.15, 0.2) is 51.6 Å². The number of phenolic OH excluding ortho intramolecular Hbond substituents is 1. The summed E-state index contributed by atoms with van der Waals surface area (Å²) >= 11 is 3.41. The molecular formula is C14H10BrN3O2. The zero-order chi connectivity index (χ0) is 13.9. The minimum Gasteiger partial charge on any atom is -0.508 e. The standard InChI is InChI=1S/C14H10BrN3O2/c15-11-2-1-7-16-13(11)14-17-12(20-18-14)8-9-3-5-10(19)6-4-9/h1-7,19H,8H2. The van der Waals surface area contributed by atoms with Crippen LogP contribution in [0.5, 0.6) is 5.75 Å². The predicted octanol–water partition coefficient (Wildman–Crippen LogP) is 3.19. The molecule has 5 nitrogen and oxygen atoms in total. The topological polar surface area (TPSA) is 72.0 Å². The van der Waals surface area contributed by atoms with Gasteiger partial charge in [0, 0.05) is 10.7 Å². The Morgan fingerprint density at radius 2 is 1.95 bits per heavy atom. The summed E-state index contributed by atoms with van der Waals surface area (Å²) in [5.74, 6) is 1.19. The van der Waals surface area contributed by atoms with Crippen molar-refractivity contribution in [2.45, 2.75) is 6.42 Å². The van der Waals surface area contributed by atoms with Gasteiger partial charge in [-0.25, -0.2) is 0 Å². The fourth-order valence-corrected chi connectivity index (χ4v) is 2.19. The van der Waals surface area contributed by atoms with Gasteiger partial charge >= 0.3 is 0 Å². The molecule has 0 aliphatic heterocycles. The number of rotatable bonds is 3. The van der Waals surface area contributed by atoms with Crippen LogP contribution in [-0.4, -0.2) is 20.2 Å². The number of aromatic hydroxyl groups is 1. The van der Waals surface area contributed by atoms with Gasteiger partial charge in [-0.3, -0.25) is 4.98 Å². The summed E-state index contributed by atoms with van der Waals surface area (Å²) in [6.45, 7) is 0. The Hall–Kier alpha value is -2.21. The molecule has 2 aromatic heterocycles. The van der Waals surface area contributed by atoms with Gasteiger partial charge in [-0.05, 0) is 45.8 Å². The van der Waals surface area contributed by atoms with E-state index in [0.29, 0.717) is 23.8 Å². The SMILES string of the molecule is Oc1ccc(Cc2nc(-c3ncccc3Br)no2)cc1. The van der Waals surface area contributed by atoms with Crippen LogP contribution in [0.1, 0.15) is 11.5 Å². The van der Waals surface area contributed by atoms with Crippen molar-refractivity contribution >= 4 is 15.9 Å². The zero-order valence-corrected chi connectivity index (χ0v) is 11.9. The van der Waals surface area contributed by atoms with E-state index in [0.717, 1.165) is 10.0 Å². The number of nitrogens with zero attached hydrogens (tertiary/aromatic N) is 3. The molecule has 0 fully saturated rings. The Morgan fingerprint density at radius 3 is 2.70 bits per heavy atom. The van der Waals surface area contributed by atoms with E-state index < -0.39 is 0 Å². The molecule has 0 atom stereocenters. The number of halogens is 1. The minimum absolute atomic E-state index is 0.234. The third-order valence-corrected chi connectivity index (χ3v) is 3.37. The first kappa shape index (κ1) is 12.8. The highest BCUT2D eigenvalue weighted by atomic mass is 79.9. The lowest BCUT2D eigenvalue weighted by Gasteiger charge is -1.97. The summed E-state index contributed by atoms with van der Waals surface area (Å²) in [5, 5.41) is 13.2. The highest BCUT2D eigenvalue weighted by Crippen LogP contribution is 2.23. The van der Waals surface area contributed by atoms with Crippen molar-refractivity contribution < 1.29 is 9.63 Å². The maximum atomic E-state index is 9.24. The normalized spacial score (nSPS) is 10.7. The lowest BCUT2D eigenvalue weighted by Crippen LogP contribution is -1.89. The highest BCUT2D eigenvalue weighted by molar-refractivity contribution is 9.10. The smallest absolute Gasteiger partial charge is 0.231 e. The zero-order valence-electron chi connectivity index (χ0n) is 10.3. The molecule has 0 amide bonds. The average molecular weight is 332 g/mol. The van der Waals surface area contributed by atoms with Gasteiger partial charge in [0.1, 0.15) is 11.4 Å². The summed E-state index contributed by atoms with van der Waals surface area (Å²) in [7, 11) is 0. The number of pyridine rings is 1. The van der Waals surface area contributed by atoms with Crippen LogP contribution in [-0.2, 0) is 6.42 Å². The fraction of sp³-hybridized carbons (Fsp3) is 0.0714. The summed E-state index contributed by atoms with van der Waals surface area (Å²) in [6, 6.07) is 10.6.